The number of hydrogen-bond donors (Lipinski definition) is 1. The molecule has 0 saturated heterocycles. The van der Waals surface area contributed by atoms with Crippen molar-refractivity contribution in [3.8, 4) is 0 Å². The van der Waals surface area contributed by atoms with Crippen molar-refractivity contribution in [1.82, 2.24) is 9.78 Å². The van der Waals surface area contributed by atoms with Crippen molar-refractivity contribution < 1.29 is 8.78 Å². The smallest absolute Gasteiger partial charge is 0.257 e. The maximum Gasteiger partial charge on any atom is 0.257 e. The fourth-order valence-corrected chi connectivity index (χ4v) is 1.44. The number of halogens is 2. The zero-order chi connectivity index (χ0) is 11.3. The molecule has 0 aromatic carbocycles. The van der Waals surface area contributed by atoms with Crippen molar-refractivity contribution in [2.45, 2.75) is 45.7 Å². The molecule has 0 saturated carbocycles. The highest BCUT2D eigenvalue weighted by Crippen LogP contribution is 2.08. The summed E-state index contributed by atoms with van der Waals surface area (Å²) in [5, 5.41) is 7.16. The van der Waals surface area contributed by atoms with Gasteiger partial charge in [-0.1, -0.05) is 13.3 Å². The SMILES string of the molecule is CCC[C@@H](C)Nc1ccn(CC(F)F)n1. The normalized spacial score (nSPS) is 13.1. The van der Waals surface area contributed by atoms with Gasteiger partial charge in [0.25, 0.3) is 6.43 Å². The molecule has 0 radical (unpaired) electrons. The molecular formula is C10H17F2N3. The average Bonchev–Trinajstić information content (AvgIpc) is 2.51. The van der Waals surface area contributed by atoms with Crippen LogP contribution in [0.5, 0.6) is 0 Å². The van der Waals surface area contributed by atoms with Crippen LogP contribution in [0.4, 0.5) is 14.6 Å². The Kier molecular flexibility index (Phi) is 4.52. The van der Waals surface area contributed by atoms with Crippen LogP contribution in [0.2, 0.25) is 0 Å². The Morgan fingerprint density at radius 1 is 1.53 bits per heavy atom. The first-order valence-corrected chi connectivity index (χ1v) is 5.20. The highest BCUT2D eigenvalue weighted by Gasteiger charge is 2.07. The summed E-state index contributed by atoms with van der Waals surface area (Å²) in [7, 11) is 0. The maximum absolute atomic E-state index is 12.0. The number of nitrogens with one attached hydrogen (secondary N) is 1. The molecule has 1 aromatic rings. The van der Waals surface area contributed by atoms with Gasteiger partial charge >= 0.3 is 0 Å². The average molecular weight is 217 g/mol. The lowest BCUT2D eigenvalue weighted by Crippen LogP contribution is -2.15. The van der Waals surface area contributed by atoms with Crippen molar-refractivity contribution in [3.05, 3.63) is 12.3 Å². The van der Waals surface area contributed by atoms with Gasteiger partial charge < -0.3 is 5.32 Å². The molecule has 0 aliphatic rings. The van der Waals surface area contributed by atoms with E-state index in [0.29, 0.717) is 11.9 Å². The van der Waals surface area contributed by atoms with E-state index in [1.807, 2.05) is 0 Å². The van der Waals surface area contributed by atoms with Crippen LogP contribution < -0.4 is 5.32 Å². The lowest BCUT2D eigenvalue weighted by Gasteiger charge is -2.11. The third-order valence-corrected chi connectivity index (χ3v) is 2.08. The number of rotatable bonds is 6. The summed E-state index contributed by atoms with van der Waals surface area (Å²) >= 11 is 0. The van der Waals surface area contributed by atoms with Crippen molar-refractivity contribution in [2.75, 3.05) is 5.32 Å². The molecule has 0 unspecified atom stereocenters. The molecule has 15 heavy (non-hydrogen) atoms. The minimum absolute atomic E-state index is 0.324. The molecular weight excluding hydrogens is 200 g/mol. The summed E-state index contributed by atoms with van der Waals surface area (Å²) in [6.07, 6.45) is 1.34. The summed E-state index contributed by atoms with van der Waals surface area (Å²) in [5.41, 5.74) is 0. The van der Waals surface area contributed by atoms with E-state index in [2.05, 4.69) is 24.3 Å². The predicted molar refractivity (Wildman–Crippen MR) is 56.2 cm³/mol. The van der Waals surface area contributed by atoms with Crippen molar-refractivity contribution in [2.24, 2.45) is 0 Å². The van der Waals surface area contributed by atoms with Gasteiger partial charge in [-0.25, -0.2) is 8.78 Å². The maximum atomic E-state index is 12.0. The number of nitrogens with zero attached hydrogens (tertiary/aromatic N) is 2. The highest BCUT2D eigenvalue weighted by molar-refractivity contribution is 5.33. The zero-order valence-electron chi connectivity index (χ0n) is 9.08. The molecule has 3 nitrogen and oxygen atoms in total. The second-order valence-electron chi connectivity index (χ2n) is 3.65. The van der Waals surface area contributed by atoms with Crippen LogP contribution in [-0.4, -0.2) is 22.2 Å². The molecule has 1 heterocycles. The lowest BCUT2D eigenvalue weighted by atomic mass is 10.2. The van der Waals surface area contributed by atoms with Gasteiger partial charge in [-0.05, 0) is 13.3 Å². The molecule has 1 rings (SSSR count). The first-order chi connectivity index (χ1) is 7.11. The largest absolute Gasteiger partial charge is 0.366 e. The molecule has 86 valence electrons. The summed E-state index contributed by atoms with van der Waals surface area (Å²) in [6.45, 7) is 3.81. The Morgan fingerprint density at radius 2 is 2.27 bits per heavy atom. The van der Waals surface area contributed by atoms with Crippen LogP contribution in [0.15, 0.2) is 12.3 Å². The van der Waals surface area contributed by atoms with Gasteiger partial charge in [-0.2, -0.15) is 5.10 Å². The van der Waals surface area contributed by atoms with E-state index in [0.717, 1.165) is 12.8 Å². The molecule has 1 N–H and O–H groups in total. The highest BCUT2D eigenvalue weighted by atomic mass is 19.3. The van der Waals surface area contributed by atoms with Gasteiger partial charge in [0.15, 0.2) is 0 Å². The van der Waals surface area contributed by atoms with Crippen LogP contribution in [0.25, 0.3) is 0 Å². The first-order valence-electron chi connectivity index (χ1n) is 5.20. The topological polar surface area (TPSA) is 29.9 Å². The van der Waals surface area contributed by atoms with Crippen molar-refractivity contribution in [1.29, 1.82) is 0 Å². The lowest BCUT2D eigenvalue weighted by molar-refractivity contribution is 0.122. The van der Waals surface area contributed by atoms with Crippen LogP contribution in [0, 0.1) is 0 Å². The van der Waals surface area contributed by atoms with Gasteiger partial charge in [0, 0.05) is 18.3 Å². The fourth-order valence-electron chi connectivity index (χ4n) is 1.44. The summed E-state index contributed by atoms with van der Waals surface area (Å²) in [6, 6.07) is 2.04. The van der Waals surface area contributed by atoms with Crippen molar-refractivity contribution >= 4 is 5.82 Å². The Bertz CT molecular complexity index is 286. The minimum atomic E-state index is -2.36. The minimum Gasteiger partial charge on any atom is -0.366 e. The van der Waals surface area contributed by atoms with Gasteiger partial charge in [0.05, 0.1) is 0 Å². The first kappa shape index (κ1) is 11.9. The Morgan fingerprint density at radius 3 is 2.87 bits per heavy atom. The number of hydrogen-bond acceptors (Lipinski definition) is 2. The van der Waals surface area contributed by atoms with E-state index in [-0.39, 0.29) is 6.54 Å². The molecule has 0 bridgehead atoms. The Hall–Kier alpha value is -1.13. The molecule has 0 spiro atoms. The molecule has 5 heteroatoms. The Balaban J connectivity index is 2.45. The van der Waals surface area contributed by atoms with E-state index in [9.17, 15) is 8.78 Å². The van der Waals surface area contributed by atoms with Gasteiger partial charge in [0.2, 0.25) is 0 Å². The van der Waals surface area contributed by atoms with E-state index in [1.165, 1.54) is 4.68 Å². The number of anilines is 1. The predicted octanol–water partition coefficient (Wildman–Crippen LogP) is 2.75. The number of alkyl halides is 2. The van der Waals surface area contributed by atoms with E-state index < -0.39 is 6.43 Å². The van der Waals surface area contributed by atoms with E-state index >= 15 is 0 Å². The molecule has 1 aromatic heterocycles. The molecule has 1 atom stereocenters. The van der Waals surface area contributed by atoms with Crippen LogP contribution in [0.1, 0.15) is 26.7 Å². The second kappa shape index (κ2) is 5.68. The van der Waals surface area contributed by atoms with Gasteiger partial charge in [-0.15, -0.1) is 0 Å². The Labute approximate surface area is 88.5 Å². The third-order valence-electron chi connectivity index (χ3n) is 2.08. The second-order valence-corrected chi connectivity index (χ2v) is 3.65. The summed E-state index contributed by atoms with van der Waals surface area (Å²) in [5.74, 6) is 0.664. The van der Waals surface area contributed by atoms with Crippen LogP contribution in [0.3, 0.4) is 0 Å². The summed E-state index contributed by atoms with van der Waals surface area (Å²) in [4.78, 5) is 0. The quantitative estimate of drug-likeness (QED) is 0.794. The monoisotopic (exact) mass is 217 g/mol. The van der Waals surface area contributed by atoms with Crippen LogP contribution >= 0.6 is 0 Å². The van der Waals surface area contributed by atoms with E-state index in [1.54, 1.807) is 12.3 Å². The summed E-state index contributed by atoms with van der Waals surface area (Å²) < 4.78 is 25.3. The number of aromatic nitrogens is 2. The molecule has 0 amide bonds. The molecule has 0 fully saturated rings. The van der Waals surface area contributed by atoms with Gasteiger partial charge in [0.1, 0.15) is 12.4 Å². The van der Waals surface area contributed by atoms with Gasteiger partial charge in [-0.3, -0.25) is 4.68 Å². The fraction of sp³-hybridized carbons (Fsp3) is 0.700. The molecule has 0 aliphatic heterocycles. The third kappa shape index (κ3) is 4.27. The zero-order valence-corrected chi connectivity index (χ0v) is 9.08. The standard InChI is InChI=1S/C10H17F2N3/c1-3-4-8(2)13-10-5-6-15(14-10)7-9(11)12/h5-6,8-9H,3-4,7H2,1-2H3,(H,13,14)/t8-/m1/s1. The van der Waals surface area contributed by atoms with E-state index in [4.69, 9.17) is 0 Å². The van der Waals surface area contributed by atoms with Crippen LogP contribution in [-0.2, 0) is 6.54 Å². The van der Waals surface area contributed by atoms with Crippen molar-refractivity contribution in [3.63, 3.8) is 0 Å². The molecule has 0 aliphatic carbocycles.